The van der Waals surface area contributed by atoms with Gasteiger partial charge in [0.25, 0.3) is 0 Å². The quantitative estimate of drug-likeness (QED) is 0.838. The van der Waals surface area contributed by atoms with Gasteiger partial charge in [0.2, 0.25) is 0 Å². The minimum absolute atomic E-state index is 0.228. The molecular weight excluding hydrogens is 246 g/mol. The van der Waals surface area contributed by atoms with Gasteiger partial charge in [-0.3, -0.25) is 0 Å². The molecule has 0 amide bonds. The molecule has 0 aliphatic carbocycles. The van der Waals surface area contributed by atoms with Crippen molar-refractivity contribution >= 4 is 5.82 Å². The van der Waals surface area contributed by atoms with Crippen molar-refractivity contribution in [1.82, 2.24) is 9.78 Å². The molecule has 0 bridgehead atoms. The highest BCUT2D eigenvalue weighted by molar-refractivity contribution is 5.66. The topological polar surface area (TPSA) is 29.9 Å². The summed E-state index contributed by atoms with van der Waals surface area (Å²) in [4.78, 5) is 0. The third-order valence-corrected chi connectivity index (χ3v) is 4.18. The predicted molar refractivity (Wildman–Crippen MR) is 84.0 cm³/mol. The maximum absolute atomic E-state index is 4.88. The molecule has 1 aliphatic rings. The van der Waals surface area contributed by atoms with Crippen LogP contribution in [0.15, 0.2) is 30.3 Å². The van der Waals surface area contributed by atoms with Gasteiger partial charge in [0.1, 0.15) is 5.82 Å². The number of anilines is 1. The summed E-state index contributed by atoms with van der Waals surface area (Å²) in [6.07, 6.45) is 1.13. The fourth-order valence-corrected chi connectivity index (χ4v) is 3.02. The lowest BCUT2D eigenvalue weighted by Gasteiger charge is -2.35. The van der Waals surface area contributed by atoms with Gasteiger partial charge in [0.15, 0.2) is 0 Å². The zero-order chi connectivity index (χ0) is 14.3. The number of rotatable bonds is 1. The summed E-state index contributed by atoms with van der Waals surface area (Å²) in [5, 5.41) is 8.36. The third kappa shape index (κ3) is 2.21. The summed E-state index contributed by atoms with van der Waals surface area (Å²) in [5.41, 5.74) is 3.80. The Morgan fingerprint density at radius 3 is 2.70 bits per heavy atom. The van der Waals surface area contributed by atoms with Crippen molar-refractivity contribution in [3.63, 3.8) is 0 Å². The molecule has 20 heavy (non-hydrogen) atoms. The highest BCUT2D eigenvalue weighted by atomic mass is 15.4. The Bertz CT molecular complexity index is 619. The molecule has 1 aromatic carbocycles. The normalized spacial score (nSPS) is 18.5. The standard InChI is InChI=1S/C17H23N3/c1-12-7-5-6-8-13(12)14-11-16-18-10-9-15(17(2,3)4)20(16)19-14/h5-8,11,15,18H,9-10H2,1-4H3. The lowest BCUT2D eigenvalue weighted by atomic mass is 9.84. The monoisotopic (exact) mass is 269 g/mol. The van der Waals surface area contributed by atoms with Gasteiger partial charge in [-0.25, -0.2) is 4.68 Å². The average molecular weight is 269 g/mol. The number of hydrogen-bond acceptors (Lipinski definition) is 2. The molecule has 106 valence electrons. The Labute approximate surface area is 121 Å². The van der Waals surface area contributed by atoms with Crippen molar-refractivity contribution in [2.75, 3.05) is 11.9 Å². The molecule has 3 rings (SSSR count). The Morgan fingerprint density at radius 1 is 1.25 bits per heavy atom. The van der Waals surface area contributed by atoms with E-state index in [2.05, 4.69) is 68.0 Å². The summed E-state index contributed by atoms with van der Waals surface area (Å²) in [6.45, 7) is 10.1. The van der Waals surface area contributed by atoms with Gasteiger partial charge in [0, 0.05) is 18.2 Å². The second-order valence-electron chi connectivity index (χ2n) is 6.77. The van der Waals surface area contributed by atoms with Gasteiger partial charge in [-0.1, -0.05) is 45.0 Å². The van der Waals surface area contributed by atoms with Crippen LogP contribution >= 0.6 is 0 Å². The number of hydrogen-bond donors (Lipinski definition) is 1. The molecular formula is C17H23N3. The van der Waals surface area contributed by atoms with Crippen molar-refractivity contribution in [2.45, 2.75) is 40.2 Å². The molecule has 2 heterocycles. The van der Waals surface area contributed by atoms with E-state index in [-0.39, 0.29) is 5.41 Å². The van der Waals surface area contributed by atoms with E-state index in [0.29, 0.717) is 6.04 Å². The number of aryl methyl sites for hydroxylation is 1. The SMILES string of the molecule is Cc1ccccc1-c1cc2n(n1)C(C(C)(C)C)CCN2. The van der Waals surface area contributed by atoms with Gasteiger partial charge in [-0.2, -0.15) is 5.10 Å². The smallest absolute Gasteiger partial charge is 0.125 e. The lowest BCUT2D eigenvalue weighted by Crippen LogP contribution is -2.32. The van der Waals surface area contributed by atoms with Gasteiger partial charge in [0.05, 0.1) is 11.7 Å². The molecule has 3 nitrogen and oxygen atoms in total. The number of aromatic nitrogens is 2. The van der Waals surface area contributed by atoms with Gasteiger partial charge >= 0.3 is 0 Å². The van der Waals surface area contributed by atoms with Crippen LogP contribution in [0.5, 0.6) is 0 Å². The Hall–Kier alpha value is -1.77. The second-order valence-corrected chi connectivity index (χ2v) is 6.77. The molecule has 2 aromatic rings. The van der Waals surface area contributed by atoms with Crippen LogP contribution in [0, 0.1) is 12.3 Å². The molecule has 1 aliphatic heterocycles. The maximum Gasteiger partial charge on any atom is 0.125 e. The van der Waals surface area contributed by atoms with Gasteiger partial charge < -0.3 is 5.32 Å². The van der Waals surface area contributed by atoms with Gasteiger partial charge in [-0.05, 0) is 24.3 Å². The Morgan fingerprint density at radius 2 is 2.00 bits per heavy atom. The van der Waals surface area contributed by atoms with E-state index in [1.54, 1.807) is 0 Å². The summed E-state index contributed by atoms with van der Waals surface area (Å²) >= 11 is 0. The van der Waals surface area contributed by atoms with Crippen LogP contribution in [0.4, 0.5) is 5.82 Å². The minimum Gasteiger partial charge on any atom is -0.370 e. The second kappa shape index (κ2) is 4.65. The van der Waals surface area contributed by atoms with E-state index in [0.717, 1.165) is 24.5 Å². The van der Waals surface area contributed by atoms with Crippen LogP contribution in [0.1, 0.15) is 38.8 Å². The number of nitrogens with zero attached hydrogens (tertiary/aromatic N) is 2. The van der Waals surface area contributed by atoms with Crippen molar-refractivity contribution in [3.8, 4) is 11.3 Å². The van der Waals surface area contributed by atoms with E-state index >= 15 is 0 Å². The average Bonchev–Trinajstić information content (AvgIpc) is 2.81. The molecule has 0 saturated heterocycles. The fourth-order valence-electron chi connectivity index (χ4n) is 3.02. The molecule has 0 saturated carbocycles. The van der Waals surface area contributed by atoms with Crippen molar-refractivity contribution in [3.05, 3.63) is 35.9 Å². The van der Waals surface area contributed by atoms with Crippen LogP contribution in [-0.4, -0.2) is 16.3 Å². The zero-order valence-electron chi connectivity index (χ0n) is 12.8. The summed E-state index contributed by atoms with van der Waals surface area (Å²) in [7, 11) is 0. The van der Waals surface area contributed by atoms with Crippen molar-refractivity contribution in [2.24, 2.45) is 5.41 Å². The number of nitrogens with one attached hydrogen (secondary N) is 1. The summed E-state index contributed by atoms with van der Waals surface area (Å²) in [5.74, 6) is 1.15. The summed E-state index contributed by atoms with van der Waals surface area (Å²) < 4.78 is 2.19. The highest BCUT2D eigenvalue weighted by Crippen LogP contribution is 2.39. The lowest BCUT2D eigenvalue weighted by molar-refractivity contribution is 0.211. The molecule has 1 atom stereocenters. The first-order valence-electron chi connectivity index (χ1n) is 7.36. The van der Waals surface area contributed by atoms with Crippen molar-refractivity contribution < 1.29 is 0 Å². The first-order valence-corrected chi connectivity index (χ1v) is 7.36. The van der Waals surface area contributed by atoms with E-state index < -0.39 is 0 Å². The highest BCUT2D eigenvalue weighted by Gasteiger charge is 2.31. The van der Waals surface area contributed by atoms with Gasteiger partial charge in [-0.15, -0.1) is 0 Å². The van der Waals surface area contributed by atoms with E-state index in [1.807, 2.05) is 0 Å². The van der Waals surface area contributed by atoms with Crippen LogP contribution < -0.4 is 5.32 Å². The zero-order valence-corrected chi connectivity index (χ0v) is 12.8. The van der Waals surface area contributed by atoms with Crippen LogP contribution in [0.3, 0.4) is 0 Å². The number of benzene rings is 1. The molecule has 1 aromatic heterocycles. The molecule has 3 heteroatoms. The van der Waals surface area contributed by atoms with Crippen LogP contribution in [0.25, 0.3) is 11.3 Å². The molecule has 0 spiro atoms. The van der Waals surface area contributed by atoms with Crippen LogP contribution in [-0.2, 0) is 0 Å². The minimum atomic E-state index is 0.228. The predicted octanol–water partition coefficient (Wildman–Crippen LogP) is 4.26. The molecule has 1 N–H and O–H groups in total. The molecule has 1 unspecified atom stereocenters. The molecule has 0 radical (unpaired) electrons. The van der Waals surface area contributed by atoms with E-state index in [1.165, 1.54) is 11.1 Å². The van der Waals surface area contributed by atoms with E-state index in [9.17, 15) is 0 Å². The Kier molecular flexibility index (Phi) is 3.08. The fraction of sp³-hybridized carbons (Fsp3) is 0.471. The van der Waals surface area contributed by atoms with Crippen LogP contribution in [0.2, 0.25) is 0 Å². The summed E-state index contributed by atoms with van der Waals surface area (Å²) in [6, 6.07) is 11.1. The largest absolute Gasteiger partial charge is 0.370 e. The first-order chi connectivity index (χ1) is 9.47. The maximum atomic E-state index is 4.88. The molecule has 0 fully saturated rings. The third-order valence-electron chi connectivity index (χ3n) is 4.18. The Balaban J connectivity index is 2.06. The first kappa shape index (κ1) is 13.2. The number of fused-ring (bicyclic) bond motifs is 1. The van der Waals surface area contributed by atoms with Crippen molar-refractivity contribution in [1.29, 1.82) is 0 Å². The van der Waals surface area contributed by atoms with E-state index in [4.69, 9.17) is 5.10 Å².